The minimum absolute atomic E-state index is 0.112. The summed E-state index contributed by atoms with van der Waals surface area (Å²) < 4.78 is 21.4. The molecule has 0 radical (unpaired) electrons. The SMILES string of the molecule is CSCc1c(C(=O)N(CC(C)C)[C@@H]2CNC[C@H](C(=O)N3CCOCC3)C2)nnn1-c1ccccc1F.O=C(O)C=CC(=O)O. The molecule has 0 saturated carbocycles. The Kier molecular flexibility index (Phi) is 13.3. The number of thioether (sulfide) groups is 1. The Morgan fingerprint density at radius 2 is 1.80 bits per heavy atom. The van der Waals surface area contributed by atoms with Crippen molar-refractivity contribution in [2.24, 2.45) is 11.8 Å². The summed E-state index contributed by atoms with van der Waals surface area (Å²) in [6, 6.07) is 6.18. The van der Waals surface area contributed by atoms with Crippen LogP contribution in [0.5, 0.6) is 0 Å². The normalized spacial score (nSPS) is 18.5. The zero-order chi connectivity index (χ0) is 32.2. The van der Waals surface area contributed by atoms with Gasteiger partial charge in [-0.2, -0.15) is 11.8 Å². The van der Waals surface area contributed by atoms with Gasteiger partial charge in [-0.15, -0.1) is 5.10 Å². The van der Waals surface area contributed by atoms with E-state index in [0.717, 1.165) is 0 Å². The van der Waals surface area contributed by atoms with E-state index in [9.17, 15) is 23.6 Å². The van der Waals surface area contributed by atoms with Crippen molar-refractivity contribution < 1.29 is 38.5 Å². The van der Waals surface area contributed by atoms with Gasteiger partial charge in [0.25, 0.3) is 5.91 Å². The average Bonchev–Trinajstić information content (AvgIpc) is 3.42. The summed E-state index contributed by atoms with van der Waals surface area (Å²) in [5.41, 5.74) is 1.06. The number of benzene rings is 1. The first kappa shape index (κ1) is 34.7. The molecule has 2 amide bonds. The summed E-state index contributed by atoms with van der Waals surface area (Å²) in [4.78, 5) is 49.9. The van der Waals surface area contributed by atoms with Crippen LogP contribution in [0.2, 0.25) is 0 Å². The predicted molar refractivity (Wildman–Crippen MR) is 161 cm³/mol. The summed E-state index contributed by atoms with van der Waals surface area (Å²) in [5, 5.41) is 27.4. The van der Waals surface area contributed by atoms with Gasteiger partial charge in [-0.1, -0.05) is 31.2 Å². The Morgan fingerprint density at radius 1 is 1.14 bits per heavy atom. The highest BCUT2D eigenvalue weighted by atomic mass is 32.2. The fourth-order valence-electron chi connectivity index (χ4n) is 5.01. The van der Waals surface area contributed by atoms with E-state index in [-0.39, 0.29) is 41.1 Å². The molecule has 2 aliphatic rings. The van der Waals surface area contributed by atoms with Crippen LogP contribution in [0.3, 0.4) is 0 Å². The third-order valence-corrected chi connectivity index (χ3v) is 7.52. The highest BCUT2D eigenvalue weighted by molar-refractivity contribution is 7.97. The first-order chi connectivity index (χ1) is 21.0. The number of hydrogen-bond donors (Lipinski definition) is 3. The number of carboxylic acid groups (broad SMARTS) is 2. The van der Waals surface area contributed by atoms with Crippen LogP contribution in [0, 0.1) is 17.7 Å². The van der Waals surface area contributed by atoms with Gasteiger partial charge in [0.2, 0.25) is 5.91 Å². The Morgan fingerprint density at radius 3 is 2.39 bits per heavy atom. The number of aliphatic carboxylic acids is 2. The van der Waals surface area contributed by atoms with E-state index in [1.807, 2.05) is 16.1 Å². The Balaban J connectivity index is 0.000000583. The van der Waals surface area contributed by atoms with Crippen molar-refractivity contribution in [3.05, 3.63) is 53.6 Å². The van der Waals surface area contributed by atoms with E-state index in [2.05, 4.69) is 29.5 Å². The van der Waals surface area contributed by atoms with E-state index < -0.39 is 17.8 Å². The summed E-state index contributed by atoms with van der Waals surface area (Å²) in [7, 11) is 0. The van der Waals surface area contributed by atoms with Crippen LogP contribution in [0.15, 0.2) is 36.4 Å². The van der Waals surface area contributed by atoms with Gasteiger partial charge in [0, 0.05) is 56.7 Å². The van der Waals surface area contributed by atoms with Crippen LogP contribution in [0.1, 0.15) is 36.5 Å². The zero-order valence-electron chi connectivity index (χ0n) is 25.0. The third-order valence-electron chi connectivity index (χ3n) is 6.96. The molecule has 1 aromatic heterocycles. The molecule has 2 aromatic rings. The fourth-order valence-corrected chi connectivity index (χ4v) is 5.54. The molecule has 1 aromatic carbocycles. The van der Waals surface area contributed by atoms with Crippen LogP contribution in [0.4, 0.5) is 4.39 Å². The fraction of sp³-hybridized carbons (Fsp3) is 0.517. The topological polar surface area (TPSA) is 167 Å². The maximum atomic E-state index is 14.6. The van der Waals surface area contributed by atoms with Crippen LogP contribution < -0.4 is 5.32 Å². The number of carboxylic acids is 2. The van der Waals surface area contributed by atoms with Crippen LogP contribution in [-0.2, 0) is 24.9 Å². The number of nitrogens with zero attached hydrogens (tertiary/aromatic N) is 5. The number of hydrogen-bond acceptors (Lipinski definition) is 9. The third kappa shape index (κ3) is 9.59. The summed E-state index contributed by atoms with van der Waals surface area (Å²) in [6.45, 7) is 8.17. The Bertz CT molecular complexity index is 1320. The van der Waals surface area contributed by atoms with Crippen molar-refractivity contribution in [2.75, 3.05) is 52.2 Å². The second-order valence-corrected chi connectivity index (χ2v) is 11.6. The maximum Gasteiger partial charge on any atom is 0.328 e. The molecular weight excluding hydrogens is 595 g/mol. The number of ether oxygens (including phenoxy) is 1. The van der Waals surface area contributed by atoms with Crippen LogP contribution >= 0.6 is 11.8 Å². The molecule has 2 aliphatic heterocycles. The maximum absolute atomic E-state index is 14.6. The standard InChI is InChI=1S/C25H35FN6O3S.C4H4O4/c1-17(2)15-31(19-12-18(13-27-14-19)24(33)30-8-10-35-11-9-30)25(34)23-22(16-36-3)32(29-28-23)21-7-5-4-6-20(21)26;5-3(6)1-2-4(7)8/h4-7,17-19,27H,8-16H2,1-3H3;1-2H,(H,5,6)(H,7,8)/t18-,19+;/m1./s1. The monoisotopic (exact) mass is 634 g/mol. The summed E-state index contributed by atoms with van der Waals surface area (Å²) >= 11 is 1.52. The quantitative estimate of drug-likeness (QED) is 0.327. The lowest BCUT2D eigenvalue weighted by Gasteiger charge is -2.40. The van der Waals surface area contributed by atoms with Crippen molar-refractivity contribution in [1.29, 1.82) is 0 Å². The van der Waals surface area contributed by atoms with Gasteiger partial charge in [0.05, 0.1) is 24.8 Å². The highest BCUT2D eigenvalue weighted by Crippen LogP contribution is 2.25. The van der Waals surface area contributed by atoms with Crippen molar-refractivity contribution >= 4 is 35.5 Å². The predicted octanol–water partition coefficient (Wildman–Crippen LogP) is 1.92. The summed E-state index contributed by atoms with van der Waals surface area (Å²) in [6.07, 6.45) is 3.62. The molecule has 2 saturated heterocycles. The second kappa shape index (κ2) is 16.9. The highest BCUT2D eigenvalue weighted by Gasteiger charge is 2.37. The van der Waals surface area contributed by atoms with Gasteiger partial charge in [0.15, 0.2) is 5.69 Å². The average molecular weight is 635 g/mol. The summed E-state index contributed by atoms with van der Waals surface area (Å²) in [5.74, 6) is -2.59. The molecule has 2 fully saturated rings. The van der Waals surface area contributed by atoms with Gasteiger partial charge < -0.3 is 30.1 Å². The molecule has 0 aliphatic carbocycles. The lowest BCUT2D eigenvalue weighted by Crippen LogP contribution is -2.56. The van der Waals surface area contributed by atoms with Crippen LogP contribution in [-0.4, -0.2) is 117 Å². The molecule has 15 heteroatoms. The molecule has 13 nitrogen and oxygen atoms in total. The molecule has 240 valence electrons. The first-order valence-electron chi connectivity index (χ1n) is 14.2. The Hall–Kier alpha value is -3.82. The van der Waals surface area contributed by atoms with Crippen molar-refractivity contribution in [3.63, 3.8) is 0 Å². The van der Waals surface area contributed by atoms with E-state index in [0.29, 0.717) is 76.0 Å². The van der Waals surface area contributed by atoms with Crippen molar-refractivity contribution in [2.45, 2.75) is 32.1 Å². The van der Waals surface area contributed by atoms with E-state index >= 15 is 0 Å². The molecule has 2 atom stereocenters. The number of amides is 2. The largest absolute Gasteiger partial charge is 0.478 e. The van der Waals surface area contributed by atoms with E-state index in [1.54, 1.807) is 18.2 Å². The number of para-hydroxylation sites is 1. The molecule has 3 heterocycles. The van der Waals surface area contributed by atoms with Crippen molar-refractivity contribution in [1.82, 2.24) is 30.1 Å². The number of aromatic nitrogens is 3. The van der Waals surface area contributed by atoms with Gasteiger partial charge in [-0.25, -0.2) is 18.7 Å². The van der Waals surface area contributed by atoms with Crippen molar-refractivity contribution in [3.8, 4) is 5.69 Å². The first-order valence-corrected chi connectivity index (χ1v) is 15.6. The second-order valence-electron chi connectivity index (χ2n) is 10.7. The van der Waals surface area contributed by atoms with Gasteiger partial charge in [0.1, 0.15) is 11.5 Å². The minimum atomic E-state index is -1.26. The minimum Gasteiger partial charge on any atom is -0.478 e. The smallest absolute Gasteiger partial charge is 0.328 e. The number of piperidine rings is 1. The molecule has 4 rings (SSSR count). The number of rotatable bonds is 10. The molecule has 0 bridgehead atoms. The van der Waals surface area contributed by atoms with E-state index in [4.69, 9.17) is 14.9 Å². The lowest BCUT2D eigenvalue weighted by atomic mass is 9.92. The molecule has 3 N–H and O–H groups in total. The van der Waals surface area contributed by atoms with Crippen LogP contribution in [0.25, 0.3) is 5.69 Å². The lowest BCUT2D eigenvalue weighted by molar-refractivity contribution is -0.140. The molecule has 0 unspecified atom stereocenters. The number of nitrogens with one attached hydrogen (secondary N) is 1. The van der Waals surface area contributed by atoms with Gasteiger partial charge in [-0.3, -0.25) is 9.59 Å². The number of carbonyl (C=O) groups excluding carboxylic acids is 2. The number of carbonyl (C=O) groups is 4. The molecule has 0 spiro atoms. The van der Waals surface area contributed by atoms with Gasteiger partial charge >= 0.3 is 11.9 Å². The molecular formula is C29H39FN6O7S. The van der Waals surface area contributed by atoms with Gasteiger partial charge in [-0.05, 0) is 30.7 Å². The Labute approximate surface area is 259 Å². The number of halogens is 1. The van der Waals surface area contributed by atoms with E-state index in [1.165, 1.54) is 22.5 Å². The molecule has 44 heavy (non-hydrogen) atoms. The number of morpholine rings is 1. The zero-order valence-corrected chi connectivity index (χ0v) is 25.8.